The van der Waals surface area contributed by atoms with E-state index in [4.69, 9.17) is 14.2 Å². The minimum absolute atomic E-state index is 0.118. The van der Waals surface area contributed by atoms with Crippen LogP contribution in [0.2, 0.25) is 0 Å². The summed E-state index contributed by atoms with van der Waals surface area (Å²) in [5.41, 5.74) is 0.862. The molecule has 0 saturated carbocycles. The summed E-state index contributed by atoms with van der Waals surface area (Å²) in [6.07, 6.45) is 2.29. The molecular formula is C21H25N3O5. The maximum Gasteiger partial charge on any atom is 0.272 e. The molecule has 2 amide bonds. The molecular weight excluding hydrogens is 374 g/mol. The second-order valence-corrected chi connectivity index (χ2v) is 6.57. The molecule has 1 aromatic carbocycles. The van der Waals surface area contributed by atoms with Crippen molar-refractivity contribution in [3.05, 3.63) is 47.8 Å². The second-order valence-electron chi connectivity index (χ2n) is 6.57. The van der Waals surface area contributed by atoms with Gasteiger partial charge in [-0.05, 0) is 30.7 Å². The number of pyridine rings is 1. The lowest BCUT2D eigenvalue weighted by Gasteiger charge is -2.23. The molecule has 0 unspecified atom stereocenters. The number of methoxy groups -OCH3 is 3. The molecule has 1 saturated heterocycles. The fourth-order valence-electron chi connectivity index (χ4n) is 3.36. The van der Waals surface area contributed by atoms with Gasteiger partial charge in [0.2, 0.25) is 5.75 Å². The van der Waals surface area contributed by atoms with Gasteiger partial charge in [-0.2, -0.15) is 0 Å². The minimum atomic E-state index is -0.142. The van der Waals surface area contributed by atoms with Crippen LogP contribution in [0.15, 0.2) is 36.5 Å². The van der Waals surface area contributed by atoms with E-state index in [-0.39, 0.29) is 11.8 Å². The van der Waals surface area contributed by atoms with Crippen molar-refractivity contribution >= 4 is 11.8 Å². The monoisotopic (exact) mass is 399 g/mol. The van der Waals surface area contributed by atoms with Crippen LogP contribution in [0.4, 0.5) is 0 Å². The Bertz CT molecular complexity index is 847. The first-order chi connectivity index (χ1) is 14.1. The van der Waals surface area contributed by atoms with Crippen molar-refractivity contribution in [2.24, 2.45) is 0 Å². The van der Waals surface area contributed by atoms with E-state index >= 15 is 0 Å². The quantitative estimate of drug-likeness (QED) is 0.766. The van der Waals surface area contributed by atoms with Crippen molar-refractivity contribution in [1.82, 2.24) is 14.8 Å². The number of benzene rings is 1. The number of hydrogen-bond acceptors (Lipinski definition) is 6. The fraction of sp³-hybridized carbons (Fsp3) is 0.381. The molecule has 0 bridgehead atoms. The van der Waals surface area contributed by atoms with Crippen LogP contribution in [0.25, 0.3) is 0 Å². The zero-order chi connectivity index (χ0) is 20.8. The van der Waals surface area contributed by atoms with E-state index in [2.05, 4.69) is 4.98 Å². The number of carbonyl (C=O) groups is 2. The van der Waals surface area contributed by atoms with Crippen molar-refractivity contribution in [3.63, 3.8) is 0 Å². The lowest BCUT2D eigenvalue weighted by molar-refractivity contribution is 0.0715. The van der Waals surface area contributed by atoms with E-state index in [1.165, 1.54) is 21.3 Å². The summed E-state index contributed by atoms with van der Waals surface area (Å²) in [5.74, 6) is 1.03. The van der Waals surface area contributed by atoms with Gasteiger partial charge in [-0.3, -0.25) is 14.6 Å². The summed E-state index contributed by atoms with van der Waals surface area (Å²) in [5, 5.41) is 0. The van der Waals surface area contributed by atoms with Crippen LogP contribution in [-0.2, 0) is 0 Å². The Morgan fingerprint density at radius 2 is 1.48 bits per heavy atom. The highest BCUT2D eigenvalue weighted by Crippen LogP contribution is 2.38. The SMILES string of the molecule is COc1cc(C(=O)N2CCCN(C(=O)c3ccccn3)CC2)cc(OC)c1OC. The molecule has 8 nitrogen and oxygen atoms in total. The maximum absolute atomic E-state index is 13.1. The first-order valence-corrected chi connectivity index (χ1v) is 9.38. The van der Waals surface area contributed by atoms with Crippen molar-refractivity contribution in [2.45, 2.75) is 6.42 Å². The second kappa shape index (κ2) is 9.27. The summed E-state index contributed by atoms with van der Waals surface area (Å²) in [7, 11) is 4.54. The van der Waals surface area contributed by atoms with Gasteiger partial charge in [0.15, 0.2) is 11.5 Å². The predicted molar refractivity (Wildman–Crippen MR) is 107 cm³/mol. The summed E-state index contributed by atoms with van der Waals surface area (Å²) in [6, 6.07) is 8.55. The van der Waals surface area contributed by atoms with Gasteiger partial charge in [0.05, 0.1) is 21.3 Å². The van der Waals surface area contributed by atoms with Crippen molar-refractivity contribution in [1.29, 1.82) is 0 Å². The van der Waals surface area contributed by atoms with Crippen molar-refractivity contribution in [3.8, 4) is 17.2 Å². The average molecular weight is 399 g/mol. The average Bonchev–Trinajstić information content (AvgIpc) is 3.03. The fourth-order valence-corrected chi connectivity index (χ4v) is 3.36. The van der Waals surface area contributed by atoms with E-state index in [9.17, 15) is 9.59 Å². The number of hydrogen-bond donors (Lipinski definition) is 0. The van der Waals surface area contributed by atoms with E-state index in [0.717, 1.165) is 0 Å². The van der Waals surface area contributed by atoms with Gasteiger partial charge in [-0.25, -0.2) is 0 Å². The van der Waals surface area contributed by atoms with Crippen molar-refractivity contribution < 1.29 is 23.8 Å². The Hall–Kier alpha value is -3.29. The Morgan fingerprint density at radius 1 is 0.862 bits per heavy atom. The molecule has 29 heavy (non-hydrogen) atoms. The third kappa shape index (κ3) is 4.42. The first kappa shape index (κ1) is 20.4. The van der Waals surface area contributed by atoms with Gasteiger partial charge in [-0.15, -0.1) is 0 Å². The van der Waals surface area contributed by atoms with Gasteiger partial charge in [0.1, 0.15) is 5.69 Å². The number of aromatic nitrogens is 1. The van der Waals surface area contributed by atoms with Crippen LogP contribution in [0.3, 0.4) is 0 Å². The molecule has 2 heterocycles. The van der Waals surface area contributed by atoms with E-state index < -0.39 is 0 Å². The Kier molecular flexibility index (Phi) is 6.54. The summed E-state index contributed by atoms with van der Waals surface area (Å²) < 4.78 is 16.0. The number of nitrogens with zero attached hydrogens (tertiary/aromatic N) is 3. The maximum atomic E-state index is 13.1. The number of rotatable bonds is 5. The smallest absolute Gasteiger partial charge is 0.272 e. The molecule has 3 rings (SSSR count). The molecule has 154 valence electrons. The Balaban J connectivity index is 1.75. The van der Waals surface area contributed by atoms with E-state index in [0.29, 0.717) is 61.1 Å². The molecule has 1 fully saturated rings. The molecule has 0 N–H and O–H groups in total. The van der Waals surface area contributed by atoms with Gasteiger partial charge >= 0.3 is 0 Å². The molecule has 0 radical (unpaired) electrons. The van der Waals surface area contributed by atoms with Crippen LogP contribution in [0.1, 0.15) is 27.3 Å². The van der Waals surface area contributed by atoms with E-state index in [1.807, 2.05) is 0 Å². The third-order valence-electron chi connectivity index (χ3n) is 4.87. The van der Waals surface area contributed by atoms with Crippen LogP contribution in [-0.4, -0.2) is 74.1 Å². The molecule has 8 heteroatoms. The zero-order valence-electron chi connectivity index (χ0n) is 16.9. The summed E-state index contributed by atoms with van der Waals surface area (Å²) in [6.45, 7) is 2.02. The molecule has 0 atom stereocenters. The van der Waals surface area contributed by atoms with E-state index in [1.54, 1.807) is 46.3 Å². The van der Waals surface area contributed by atoms with Crippen molar-refractivity contribution in [2.75, 3.05) is 47.5 Å². The predicted octanol–water partition coefficient (Wildman–Crippen LogP) is 2.10. The number of carbonyl (C=O) groups excluding carboxylic acids is 2. The topological polar surface area (TPSA) is 81.2 Å². The minimum Gasteiger partial charge on any atom is -0.493 e. The van der Waals surface area contributed by atoms with Gasteiger partial charge in [0, 0.05) is 37.9 Å². The van der Waals surface area contributed by atoms with Crippen LogP contribution >= 0.6 is 0 Å². The number of ether oxygens (including phenoxy) is 3. The lowest BCUT2D eigenvalue weighted by Crippen LogP contribution is -2.37. The largest absolute Gasteiger partial charge is 0.493 e. The van der Waals surface area contributed by atoms with Crippen LogP contribution < -0.4 is 14.2 Å². The van der Waals surface area contributed by atoms with Crippen LogP contribution in [0.5, 0.6) is 17.2 Å². The summed E-state index contributed by atoms with van der Waals surface area (Å²) in [4.78, 5) is 33.4. The molecule has 2 aromatic rings. The first-order valence-electron chi connectivity index (χ1n) is 9.38. The third-order valence-corrected chi connectivity index (χ3v) is 4.87. The Morgan fingerprint density at radius 3 is 2.00 bits per heavy atom. The highest BCUT2D eigenvalue weighted by atomic mass is 16.5. The molecule has 1 aromatic heterocycles. The number of amides is 2. The zero-order valence-corrected chi connectivity index (χ0v) is 16.9. The Labute approximate surface area is 170 Å². The van der Waals surface area contributed by atoms with Gasteiger partial charge < -0.3 is 24.0 Å². The summed E-state index contributed by atoms with van der Waals surface area (Å²) >= 11 is 0. The highest BCUT2D eigenvalue weighted by molar-refractivity contribution is 5.96. The van der Waals surface area contributed by atoms with Crippen LogP contribution in [0, 0.1) is 0 Å². The highest BCUT2D eigenvalue weighted by Gasteiger charge is 2.25. The van der Waals surface area contributed by atoms with Gasteiger partial charge in [0.25, 0.3) is 11.8 Å². The lowest BCUT2D eigenvalue weighted by atomic mass is 10.1. The standard InChI is InChI=1S/C21H25N3O5/c1-27-17-13-15(14-18(28-2)19(17)29-3)20(25)23-9-6-10-24(12-11-23)21(26)16-7-4-5-8-22-16/h4-5,7-8,13-14H,6,9-12H2,1-3H3. The molecule has 0 spiro atoms. The normalized spacial score (nSPS) is 14.2. The molecule has 1 aliphatic rings. The van der Waals surface area contributed by atoms with Gasteiger partial charge in [-0.1, -0.05) is 6.07 Å². The molecule has 1 aliphatic heterocycles. The molecule has 0 aliphatic carbocycles.